The molecule has 2 aliphatic rings. The van der Waals surface area contributed by atoms with Gasteiger partial charge in [-0.15, -0.1) is 0 Å². The van der Waals surface area contributed by atoms with E-state index in [1.807, 2.05) is 12.1 Å². The lowest BCUT2D eigenvalue weighted by molar-refractivity contribution is 0.278. The van der Waals surface area contributed by atoms with E-state index in [-0.39, 0.29) is 16.7 Å². The smallest absolute Gasteiger partial charge is 0.131 e. The van der Waals surface area contributed by atoms with Gasteiger partial charge in [0.2, 0.25) is 0 Å². The first kappa shape index (κ1) is 23.4. The number of hydrogen-bond donors (Lipinski definition) is 0. The zero-order chi connectivity index (χ0) is 24.8. The van der Waals surface area contributed by atoms with Crippen molar-refractivity contribution in [2.75, 3.05) is 7.11 Å². The molecule has 3 aromatic carbocycles. The molecule has 0 N–H and O–H groups in total. The average Bonchev–Trinajstić information content (AvgIpc) is 2.82. The zero-order valence-corrected chi connectivity index (χ0v) is 21.7. The van der Waals surface area contributed by atoms with Crippen LogP contribution in [0.3, 0.4) is 0 Å². The van der Waals surface area contributed by atoms with Crippen LogP contribution in [0.25, 0.3) is 0 Å². The van der Waals surface area contributed by atoms with Crippen LogP contribution in [0.1, 0.15) is 70.1 Å². The van der Waals surface area contributed by atoms with Crippen LogP contribution >= 0.6 is 0 Å². The van der Waals surface area contributed by atoms with E-state index in [4.69, 9.17) is 14.5 Å². The zero-order valence-electron chi connectivity index (χ0n) is 21.7. The molecule has 3 nitrogen and oxygen atoms in total. The Morgan fingerprint density at radius 2 is 1.63 bits per heavy atom. The van der Waals surface area contributed by atoms with Crippen molar-refractivity contribution in [1.82, 2.24) is 0 Å². The largest absolute Gasteiger partial charge is 0.497 e. The fraction of sp³-hybridized carbons (Fsp3) is 0.344. The maximum atomic E-state index is 6.60. The van der Waals surface area contributed by atoms with Crippen LogP contribution < -0.4 is 9.47 Å². The van der Waals surface area contributed by atoms with Gasteiger partial charge in [0.25, 0.3) is 0 Å². The van der Waals surface area contributed by atoms with E-state index in [2.05, 4.69) is 95.3 Å². The Balaban J connectivity index is 1.68. The fourth-order valence-electron chi connectivity index (χ4n) is 5.26. The van der Waals surface area contributed by atoms with Gasteiger partial charge in [0, 0.05) is 29.2 Å². The molecule has 5 rings (SSSR count). The molecular weight excluding hydrogens is 430 g/mol. The molecule has 0 unspecified atom stereocenters. The summed E-state index contributed by atoms with van der Waals surface area (Å²) >= 11 is 0. The number of hydrogen-bond acceptors (Lipinski definition) is 3. The van der Waals surface area contributed by atoms with E-state index in [1.54, 1.807) is 7.11 Å². The van der Waals surface area contributed by atoms with Crippen LogP contribution in [0.15, 0.2) is 89.1 Å². The third-order valence-electron chi connectivity index (χ3n) is 7.08. The Kier molecular flexibility index (Phi) is 5.83. The van der Waals surface area contributed by atoms with Gasteiger partial charge in [-0.05, 0) is 58.7 Å². The van der Waals surface area contributed by atoms with Crippen LogP contribution in [-0.2, 0) is 5.41 Å². The highest BCUT2D eigenvalue weighted by Gasteiger charge is 2.41. The summed E-state index contributed by atoms with van der Waals surface area (Å²) in [4.78, 5) is 5.26. The van der Waals surface area contributed by atoms with Crippen molar-refractivity contribution in [2.24, 2.45) is 10.4 Å². The third-order valence-corrected chi connectivity index (χ3v) is 7.08. The van der Waals surface area contributed by atoms with Crippen LogP contribution in [-0.4, -0.2) is 12.8 Å². The molecule has 180 valence electrons. The predicted molar refractivity (Wildman–Crippen MR) is 144 cm³/mol. The van der Waals surface area contributed by atoms with Gasteiger partial charge in [0.05, 0.1) is 12.8 Å². The third kappa shape index (κ3) is 4.65. The fourth-order valence-corrected chi connectivity index (χ4v) is 5.26. The maximum Gasteiger partial charge on any atom is 0.131 e. The monoisotopic (exact) mass is 465 g/mol. The second kappa shape index (κ2) is 8.71. The molecule has 1 atom stereocenters. The second-order valence-corrected chi connectivity index (χ2v) is 11.6. The summed E-state index contributed by atoms with van der Waals surface area (Å²) in [5.41, 5.74) is 7.17. The van der Waals surface area contributed by atoms with Crippen LogP contribution in [0.5, 0.6) is 11.5 Å². The minimum absolute atomic E-state index is 0.0498. The molecule has 0 amide bonds. The maximum absolute atomic E-state index is 6.60. The number of ether oxygens (including phenoxy) is 2. The minimum atomic E-state index is 0.0498. The Hall–Kier alpha value is -3.33. The van der Waals surface area contributed by atoms with Gasteiger partial charge >= 0.3 is 0 Å². The van der Waals surface area contributed by atoms with Crippen molar-refractivity contribution in [1.29, 1.82) is 0 Å². The number of benzene rings is 3. The van der Waals surface area contributed by atoms with E-state index >= 15 is 0 Å². The summed E-state index contributed by atoms with van der Waals surface area (Å²) in [5.74, 6) is 2.83. The minimum Gasteiger partial charge on any atom is -0.497 e. The van der Waals surface area contributed by atoms with Gasteiger partial charge in [0.15, 0.2) is 0 Å². The predicted octanol–water partition coefficient (Wildman–Crippen LogP) is 8.36. The molecule has 3 aromatic rings. The number of allylic oxidation sites excluding steroid dienone is 2. The van der Waals surface area contributed by atoms with Crippen molar-refractivity contribution >= 4 is 11.4 Å². The normalized spacial score (nSPS) is 20.2. The molecule has 0 saturated heterocycles. The summed E-state index contributed by atoms with van der Waals surface area (Å²) in [7, 11) is 1.71. The lowest BCUT2D eigenvalue weighted by atomic mass is 9.69. The average molecular weight is 466 g/mol. The number of methoxy groups -OCH3 is 1. The Morgan fingerprint density at radius 1 is 0.914 bits per heavy atom. The highest BCUT2D eigenvalue weighted by molar-refractivity contribution is 6.05. The summed E-state index contributed by atoms with van der Waals surface area (Å²) in [5, 5.41) is 0. The van der Waals surface area contributed by atoms with E-state index in [0.29, 0.717) is 0 Å². The van der Waals surface area contributed by atoms with Crippen molar-refractivity contribution in [3.63, 3.8) is 0 Å². The van der Waals surface area contributed by atoms with Crippen molar-refractivity contribution in [3.8, 4) is 11.5 Å². The highest BCUT2D eigenvalue weighted by atomic mass is 16.5. The SMILES string of the molecule is COc1ccc2c(c1)[C@H](c1ccccc1)C1=C(CC(C)(C)CC1=Nc1ccc(C(C)(C)C)cc1)O2. The van der Waals surface area contributed by atoms with Gasteiger partial charge < -0.3 is 9.47 Å². The lowest BCUT2D eigenvalue weighted by Gasteiger charge is -2.40. The molecule has 0 spiro atoms. The molecule has 0 fully saturated rings. The van der Waals surface area contributed by atoms with Crippen molar-refractivity contribution in [3.05, 3.63) is 101 Å². The summed E-state index contributed by atoms with van der Waals surface area (Å²) in [6.07, 6.45) is 1.79. The van der Waals surface area contributed by atoms with Crippen molar-refractivity contribution in [2.45, 2.75) is 58.8 Å². The van der Waals surface area contributed by atoms with E-state index < -0.39 is 0 Å². The van der Waals surface area contributed by atoms with Crippen LogP contribution in [0.2, 0.25) is 0 Å². The van der Waals surface area contributed by atoms with E-state index in [0.717, 1.165) is 47.1 Å². The Labute approximate surface area is 209 Å². The lowest BCUT2D eigenvalue weighted by Crippen LogP contribution is -2.33. The molecule has 0 bridgehead atoms. The number of aliphatic imine (C=N–C) groups is 1. The number of nitrogens with zero attached hydrogens (tertiary/aromatic N) is 1. The van der Waals surface area contributed by atoms with E-state index in [9.17, 15) is 0 Å². The molecule has 1 aliphatic carbocycles. The van der Waals surface area contributed by atoms with Gasteiger partial charge in [0.1, 0.15) is 17.3 Å². The van der Waals surface area contributed by atoms with Gasteiger partial charge in [-0.1, -0.05) is 77.1 Å². The molecule has 1 aliphatic heterocycles. The summed E-state index contributed by atoms with van der Waals surface area (Å²) in [6, 6.07) is 25.5. The summed E-state index contributed by atoms with van der Waals surface area (Å²) in [6.45, 7) is 11.3. The molecular formula is C32H35NO2. The first-order valence-corrected chi connectivity index (χ1v) is 12.5. The number of fused-ring (bicyclic) bond motifs is 1. The highest BCUT2D eigenvalue weighted by Crippen LogP contribution is 2.51. The molecule has 0 saturated carbocycles. The molecule has 35 heavy (non-hydrogen) atoms. The van der Waals surface area contributed by atoms with Crippen LogP contribution in [0.4, 0.5) is 5.69 Å². The molecule has 0 radical (unpaired) electrons. The first-order valence-electron chi connectivity index (χ1n) is 12.5. The van der Waals surface area contributed by atoms with Gasteiger partial charge in [-0.25, -0.2) is 0 Å². The first-order chi connectivity index (χ1) is 16.6. The topological polar surface area (TPSA) is 30.8 Å². The Bertz CT molecular complexity index is 1290. The van der Waals surface area contributed by atoms with Crippen LogP contribution in [0, 0.1) is 5.41 Å². The quantitative estimate of drug-likeness (QED) is 0.389. The second-order valence-electron chi connectivity index (χ2n) is 11.6. The summed E-state index contributed by atoms with van der Waals surface area (Å²) < 4.78 is 12.2. The van der Waals surface area contributed by atoms with Gasteiger partial charge in [-0.3, -0.25) is 4.99 Å². The standard InChI is InChI=1S/C32H35NO2/c1-31(2,3)22-12-14-23(15-13-22)33-26-19-32(4,5)20-28-30(26)29(21-10-8-7-9-11-21)25-18-24(34-6)16-17-27(25)35-28/h7-18,29H,19-20H2,1-6H3/t29-/m0/s1. The van der Waals surface area contributed by atoms with E-state index in [1.165, 1.54) is 16.7 Å². The molecule has 1 heterocycles. The Morgan fingerprint density at radius 3 is 2.29 bits per heavy atom. The number of rotatable bonds is 3. The molecule has 0 aromatic heterocycles. The van der Waals surface area contributed by atoms with Crippen molar-refractivity contribution < 1.29 is 9.47 Å². The molecule has 3 heteroatoms. The van der Waals surface area contributed by atoms with Gasteiger partial charge in [-0.2, -0.15) is 0 Å².